The molecule has 2 aromatic rings. The highest BCUT2D eigenvalue weighted by Gasteiger charge is 2.23. The van der Waals surface area contributed by atoms with Gasteiger partial charge in [0.25, 0.3) is 11.8 Å². The number of amides is 4. The van der Waals surface area contributed by atoms with Gasteiger partial charge in [-0.2, -0.15) is 0 Å². The van der Waals surface area contributed by atoms with Gasteiger partial charge in [-0.05, 0) is 75.7 Å². The highest BCUT2D eigenvalue weighted by atomic mass is 16.6. The zero-order chi connectivity index (χ0) is 49.8. The standard InChI is InChI=1S/C49H72N4O16/c1-49(2,3)69-47(58)17-24-61-28-32-65-36-38-66-33-29-62-25-19-50-41-9-5-39(6-10-41)48(59)40-7-11-42(12-8-40)68-22-4-18-51-44(55)16-23-60-27-31-64-35-37-67-34-30-63-26-20-52-43(54)15-21-53-45(56)13-14-46(53)57/h5-14,50H,4,15-38H2,1-3H3,(H,51,55)(H,52,54). The van der Waals surface area contributed by atoms with Gasteiger partial charge in [0.05, 0.1) is 119 Å². The van der Waals surface area contributed by atoms with Gasteiger partial charge in [0.1, 0.15) is 11.4 Å². The molecule has 0 spiro atoms. The van der Waals surface area contributed by atoms with Crippen LogP contribution in [0.1, 0.15) is 62.4 Å². The van der Waals surface area contributed by atoms with E-state index in [1.807, 2.05) is 32.9 Å². The van der Waals surface area contributed by atoms with Gasteiger partial charge in [0.15, 0.2) is 5.78 Å². The van der Waals surface area contributed by atoms with Crippen LogP contribution in [0.2, 0.25) is 0 Å². The Balaban J connectivity index is 1.06. The van der Waals surface area contributed by atoms with E-state index in [9.17, 15) is 28.8 Å². The Kier molecular flexibility index (Phi) is 30.0. The first kappa shape index (κ1) is 58.0. The van der Waals surface area contributed by atoms with E-state index in [0.717, 1.165) is 10.6 Å². The van der Waals surface area contributed by atoms with Crippen LogP contribution in [0.5, 0.6) is 5.75 Å². The van der Waals surface area contributed by atoms with Crippen molar-refractivity contribution < 1.29 is 76.1 Å². The lowest BCUT2D eigenvalue weighted by molar-refractivity contribution is -0.156. The molecule has 69 heavy (non-hydrogen) atoms. The van der Waals surface area contributed by atoms with Crippen LogP contribution in [0.4, 0.5) is 5.69 Å². The summed E-state index contributed by atoms with van der Waals surface area (Å²) >= 11 is 0. The predicted octanol–water partition coefficient (Wildman–Crippen LogP) is 2.90. The minimum atomic E-state index is -0.496. The Hall–Kier alpha value is -5.32. The second-order valence-electron chi connectivity index (χ2n) is 16.2. The van der Waals surface area contributed by atoms with Crippen molar-refractivity contribution in [3.8, 4) is 5.75 Å². The summed E-state index contributed by atoms with van der Waals surface area (Å²) in [6.07, 6.45) is 3.45. The Morgan fingerprint density at radius 2 is 0.928 bits per heavy atom. The van der Waals surface area contributed by atoms with Crippen molar-refractivity contribution in [3.05, 3.63) is 71.8 Å². The molecule has 3 rings (SSSR count). The number of nitrogens with zero attached hydrogens (tertiary/aromatic N) is 1. The Bertz CT molecular complexity index is 1800. The third kappa shape index (κ3) is 28.7. The maximum atomic E-state index is 13.1. The summed E-state index contributed by atoms with van der Waals surface area (Å²) in [7, 11) is 0. The molecule has 4 amide bonds. The van der Waals surface area contributed by atoms with Crippen LogP contribution >= 0.6 is 0 Å². The van der Waals surface area contributed by atoms with Gasteiger partial charge in [-0.25, -0.2) is 0 Å². The van der Waals surface area contributed by atoms with E-state index in [-0.39, 0.29) is 56.0 Å². The molecule has 384 valence electrons. The molecule has 20 nitrogen and oxygen atoms in total. The molecule has 0 fully saturated rings. The summed E-state index contributed by atoms with van der Waals surface area (Å²) in [4.78, 5) is 72.7. The molecule has 1 heterocycles. The second-order valence-corrected chi connectivity index (χ2v) is 16.2. The fourth-order valence-electron chi connectivity index (χ4n) is 5.91. The van der Waals surface area contributed by atoms with Crippen LogP contribution in [-0.4, -0.2) is 184 Å². The number of anilines is 1. The number of carbonyl (C=O) groups is 6. The van der Waals surface area contributed by atoms with Crippen LogP contribution in [0.15, 0.2) is 60.7 Å². The first-order valence-corrected chi connectivity index (χ1v) is 23.4. The first-order valence-electron chi connectivity index (χ1n) is 23.4. The van der Waals surface area contributed by atoms with Gasteiger partial charge < -0.3 is 63.3 Å². The molecule has 0 saturated heterocycles. The number of ether oxygens (including phenoxy) is 10. The van der Waals surface area contributed by atoms with E-state index in [2.05, 4.69) is 16.0 Å². The largest absolute Gasteiger partial charge is 0.494 e. The maximum Gasteiger partial charge on any atom is 0.308 e. The predicted molar refractivity (Wildman–Crippen MR) is 253 cm³/mol. The molecule has 0 bridgehead atoms. The summed E-state index contributed by atoms with van der Waals surface area (Å²) in [6.45, 7) is 13.4. The van der Waals surface area contributed by atoms with Gasteiger partial charge in [-0.1, -0.05) is 0 Å². The molecular weight excluding hydrogens is 901 g/mol. The monoisotopic (exact) mass is 972 g/mol. The fourth-order valence-corrected chi connectivity index (χ4v) is 5.91. The lowest BCUT2D eigenvalue weighted by Gasteiger charge is -2.19. The summed E-state index contributed by atoms with van der Waals surface area (Å²) in [6, 6.07) is 14.2. The highest BCUT2D eigenvalue weighted by molar-refractivity contribution is 6.13. The topological polar surface area (TPSA) is 234 Å². The number of carbonyl (C=O) groups excluding carboxylic acids is 6. The van der Waals surface area contributed by atoms with E-state index in [1.54, 1.807) is 36.4 Å². The van der Waals surface area contributed by atoms with E-state index in [4.69, 9.17) is 47.4 Å². The number of rotatable bonds is 41. The van der Waals surface area contributed by atoms with Crippen molar-refractivity contribution >= 4 is 41.1 Å². The first-order chi connectivity index (χ1) is 33.4. The molecular formula is C49H72N4O16. The van der Waals surface area contributed by atoms with E-state index in [0.29, 0.717) is 149 Å². The zero-order valence-corrected chi connectivity index (χ0v) is 40.4. The summed E-state index contributed by atoms with van der Waals surface area (Å²) in [5.74, 6) is -0.966. The second kappa shape index (κ2) is 35.7. The Morgan fingerprint density at radius 1 is 0.493 bits per heavy atom. The van der Waals surface area contributed by atoms with Crippen molar-refractivity contribution in [2.75, 3.05) is 144 Å². The van der Waals surface area contributed by atoms with Gasteiger partial charge in [-0.15, -0.1) is 0 Å². The van der Waals surface area contributed by atoms with Crippen LogP contribution < -0.4 is 20.7 Å². The van der Waals surface area contributed by atoms with Crippen LogP contribution in [0.3, 0.4) is 0 Å². The van der Waals surface area contributed by atoms with Gasteiger partial charge in [0.2, 0.25) is 11.8 Å². The molecule has 2 aromatic carbocycles. The lowest BCUT2D eigenvalue weighted by atomic mass is 10.0. The molecule has 0 radical (unpaired) electrons. The van der Waals surface area contributed by atoms with Crippen LogP contribution in [0.25, 0.3) is 0 Å². The Labute approximate surface area is 405 Å². The quantitative estimate of drug-likeness (QED) is 0.0376. The van der Waals surface area contributed by atoms with E-state index in [1.165, 1.54) is 12.2 Å². The molecule has 1 aliphatic heterocycles. The van der Waals surface area contributed by atoms with Crippen LogP contribution in [-0.2, 0) is 66.6 Å². The molecule has 0 aromatic heterocycles. The minimum absolute atomic E-state index is 0.0320. The number of hydrogen-bond acceptors (Lipinski definition) is 17. The number of nitrogens with one attached hydrogen (secondary N) is 3. The molecule has 0 unspecified atom stereocenters. The van der Waals surface area contributed by atoms with Crippen molar-refractivity contribution in [3.63, 3.8) is 0 Å². The smallest absolute Gasteiger partial charge is 0.308 e. The maximum absolute atomic E-state index is 13.1. The van der Waals surface area contributed by atoms with Crippen molar-refractivity contribution in [2.24, 2.45) is 0 Å². The normalized spacial score (nSPS) is 12.4. The van der Waals surface area contributed by atoms with Crippen LogP contribution in [0, 0.1) is 0 Å². The van der Waals surface area contributed by atoms with Crippen molar-refractivity contribution in [1.82, 2.24) is 15.5 Å². The Morgan fingerprint density at radius 3 is 1.45 bits per heavy atom. The minimum Gasteiger partial charge on any atom is -0.494 e. The number of imide groups is 1. The summed E-state index contributed by atoms with van der Waals surface area (Å²) < 4.78 is 54.8. The summed E-state index contributed by atoms with van der Waals surface area (Å²) in [5.41, 5.74) is 1.49. The number of esters is 1. The molecule has 20 heteroatoms. The SMILES string of the molecule is CC(C)(C)OC(=O)CCOCCOCCOCCOCCNc1ccc(C(=O)c2ccc(OCCCNC(=O)CCOCCOCCOCCOCCNC(=O)CCN3C(=O)C=CC3=O)cc2)cc1. The zero-order valence-electron chi connectivity index (χ0n) is 40.4. The van der Waals surface area contributed by atoms with E-state index < -0.39 is 17.4 Å². The van der Waals surface area contributed by atoms with Gasteiger partial charge >= 0.3 is 5.97 Å². The number of benzene rings is 2. The fraction of sp³-hybridized carbons (Fsp3) is 0.592. The number of hydrogen-bond donors (Lipinski definition) is 3. The van der Waals surface area contributed by atoms with E-state index >= 15 is 0 Å². The highest BCUT2D eigenvalue weighted by Crippen LogP contribution is 2.18. The van der Waals surface area contributed by atoms with Gasteiger partial charge in [-0.3, -0.25) is 33.7 Å². The van der Waals surface area contributed by atoms with Gasteiger partial charge in [0, 0.05) is 68.0 Å². The van der Waals surface area contributed by atoms with Crippen molar-refractivity contribution in [2.45, 2.75) is 52.1 Å². The average Bonchev–Trinajstić information content (AvgIpc) is 3.65. The number of ketones is 1. The molecule has 0 saturated carbocycles. The molecule has 1 aliphatic rings. The van der Waals surface area contributed by atoms with Crippen molar-refractivity contribution in [1.29, 1.82) is 0 Å². The molecule has 0 aliphatic carbocycles. The third-order valence-electron chi connectivity index (χ3n) is 9.36. The lowest BCUT2D eigenvalue weighted by Crippen LogP contribution is -2.35. The third-order valence-corrected chi connectivity index (χ3v) is 9.36. The molecule has 3 N–H and O–H groups in total. The molecule has 0 atom stereocenters. The average molecular weight is 973 g/mol. The summed E-state index contributed by atoms with van der Waals surface area (Å²) in [5, 5.41) is 8.80.